The van der Waals surface area contributed by atoms with Crippen LogP contribution in [0.15, 0.2) is 36.4 Å². The Balaban J connectivity index is 2.06. The number of fused-ring (bicyclic) bond motifs is 2. The average Bonchev–Trinajstić information content (AvgIpc) is 3.25. The van der Waals surface area contributed by atoms with Crippen molar-refractivity contribution in [1.29, 1.82) is 10.5 Å². The molecule has 4 nitrogen and oxygen atoms in total. The van der Waals surface area contributed by atoms with Crippen LogP contribution in [0.2, 0.25) is 0 Å². The van der Waals surface area contributed by atoms with E-state index in [1.165, 1.54) is 22.7 Å². The predicted molar refractivity (Wildman–Crippen MR) is 122 cm³/mol. The fourth-order valence-electron chi connectivity index (χ4n) is 3.71. The molecule has 0 saturated carbocycles. The molecule has 0 bridgehead atoms. The van der Waals surface area contributed by atoms with Crippen LogP contribution in [-0.2, 0) is 0 Å². The van der Waals surface area contributed by atoms with E-state index in [1.54, 1.807) is 24.3 Å². The van der Waals surface area contributed by atoms with Gasteiger partial charge in [-0.2, -0.15) is 10.5 Å². The smallest absolute Gasteiger partial charge is 0.150 e. The number of thiophene rings is 2. The topological polar surface area (TPSA) is 81.7 Å². The van der Waals surface area contributed by atoms with Gasteiger partial charge < -0.3 is 0 Å². The van der Waals surface area contributed by atoms with E-state index in [0.717, 1.165) is 53.6 Å². The molecular formula is C24H14N2O2S2. The molecule has 2 heterocycles. The lowest BCUT2D eigenvalue weighted by Crippen LogP contribution is -1.92. The number of carbonyl (C=O) groups is 2. The molecule has 4 rings (SSSR count). The molecule has 0 radical (unpaired) electrons. The highest BCUT2D eigenvalue weighted by Gasteiger charge is 2.22. The van der Waals surface area contributed by atoms with Gasteiger partial charge in [0, 0.05) is 52.2 Å². The van der Waals surface area contributed by atoms with Crippen molar-refractivity contribution >= 4 is 66.6 Å². The van der Waals surface area contributed by atoms with E-state index in [0.29, 0.717) is 22.3 Å². The van der Waals surface area contributed by atoms with Crippen molar-refractivity contribution in [2.24, 2.45) is 0 Å². The quantitative estimate of drug-likeness (QED) is 0.283. The van der Waals surface area contributed by atoms with E-state index in [4.69, 9.17) is 0 Å². The Hall–Kier alpha value is -3.58. The highest BCUT2D eigenvalue weighted by Crippen LogP contribution is 2.42. The number of rotatable bonds is 4. The van der Waals surface area contributed by atoms with Gasteiger partial charge in [0.25, 0.3) is 0 Å². The number of nitrogens with zero attached hydrogens (tertiary/aromatic N) is 2. The van der Waals surface area contributed by atoms with Crippen LogP contribution in [0.1, 0.15) is 41.6 Å². The van der Waals surface area contributed by atoms with Crippen LogP contribution >= 0.6 is 22.7 Å². The summed E-state index contributed by atoms with van der Waals surface area (Å²) in [5.41, 5.74) is 3.25. The maximum Gasteiger partial charge on any atom is 0.150 e. The van der Waals surface area contributed by atoms with Crippen LogP contribution in [0, 0.1) is 36.5 Å². The van der Waals surface area contributed by atoms with Gasteiger partial charge in [0.1, 0.15) is 24.7 Å². The molecule has 0 unspecified atom stereocenters. The molecular weight excluding hydrogens is 412 g/mol. The molecule has 30 heavy (non-hydrogen) atoms. The van der Waals surface area contributed by atoms with E-state index >= 15 is 0 Å². The predicted octanol–water partition coefficient (Wildman–Crippen LogP) is 6.32. The number of aryl methyl sites for hydroxylation is 2. The summed E-state index contributed by atoms with van der Waals surface area (Å²) in [5, 5.41) is 21.9. The van der Waals surface area contributed by atoms with Crippen molar-refractivity contribution in [3.05, 3.63) is 68.4 Å². The molecule has 2 aromatic carbocycles. The number of allylic oxidation sites excluding steroid dienone is 2. The third-order valence-electron chi connectivity index (χ3n) is 5.03. The molecule has 0 atom stereocenters. The summed E-state index contributed by atoms with van der Waals surface area (Å²) in [4.78, 5) is 24.1. The van der Waals surface area contributed by atoms with Crippen LogP contribution in [-0.4, -0.2) is 12.6 Å². The van der Waals surface area contributed by atoms with Crippen molar-refractivity contribution in [2.75, 3.05) is 0 Å². The second-order valence-electron chi connectivity index (χ2n) is 6.79. The van der Waals surface area contributed by atoms with Crippen LogP contribution < -0.4 is 0 Å². The zero-order chi connectivity index (χ0) is 21.4. The molecule has 2 aromatic heterocycles. The number of nitriles is 2. The third kappa shape index (κ3) is 3.04. The van der Waals surface area contributed by atoms with Gasteiger partial charge in [0.2, 0.25) is 0 Å². The molecule has 0 saturated heterocycles. The van der Waals surface area contributed by atoms with E-state index < -0.39 is 0 Å². The first kappa shape index (κ1) is 19.7. The Morgan fingerprint density at radius 1 is 0.767 bits per heavy atom. The normalized spacial score (nSPS) is 11.7. The minimum atomic E-state index is 0.322. The summed E-state index contributed by atoms with van der Waals surface area (Å²) in [7, 11) is 0. The van der Waals surface area contributed by atoms with E-state index in [1.807, 2.05) is 26.0 Å². The Morgan fingerprint density at radius 2 is 1.17 bits per heavy atom. The highest BCUT2D eigenvalue weighted by molar-refractivity contribution is 7.19. The van der Waals surface area contributed by atoms with Crippen LogP contribution in [0.5, 0.6) is 0 Å². The largest absolute Gasteiger partial charge is 0.298 e. The molecule has 0 aliphatic carbocycles. The Labute approximate surface area is 180 Å². The van der Waals surface area contributed by atoms with Gasteiger partial charge >= 0.3 is 0 Å². The molecule has 0 aliphatic rings. The molecule has 0 spiro atoms. The number of benzene rings is 2. The van der Waals surface area contributed by atoms with Crippen molar-refractivity contribution < 1.29 is 9.59 Å². The zero-order valence-corrected chi connectivity index (χ0v) is 17.8. The van der Waals surface area contributed by atoms with Crippen molar-refractivity contribution in [3.63, 3.8) is 0 Å². The number of aldehydes is 2. The maximum absolute atomic E-state index is 11.1. The van der Waals surface area contributed by atoms with Gasteiger partial charge in [0.05, 0.1) is 11.1 Å². The van der Waals surface area contributed by atoms with E-state index in [9.17, 15) is 20.1 Å². The Morgan fingerprint density at radius 3 is 1.50 bits per heavy atom. The summed E-state index contributed by atoms with van der Waals surface area (Å²) in [6, 6.07) is 15.2. The van der Waals surface area contributed by atoms with Crippen molar-refractivity contribution in [2.45, 2.75) is 13.8 Å². The molecule has 0 aliphatic heterocycles. The Kier molecular flexibility index (Phi) is 5.05. The molecule has 144 valence electrons. The molecule has 0 fully saturated rings. The summed E-state index contributed by atoms with van der Waals surface area (Å²) in [6.45, 7) is 3.84. The summed E-state index contributed by atoms with van der Waals surface area (Å²) < 4.78 is 1.80. The minimum Gasteiger partial charge on any atom is -0.298 e. The fourth-order valence-corrected chi connectivity index (χ4v) is 5.95. The lowest BCUT2D eigenvalue weighted by Gasteiger charge is -2.06. The number of hydrogen-bond acceptors (Lipinski definition) is 6. The lowest BCUT2D eigenvalue weighted by molar-refractivity contribution is 0.111. The minimum absolute atomic E-state index is 0.322. The fraction of sp³-hybridized carbons (Fsp3) is 0.0833. The number of hydrogen-bond donors (Lipinski definition) is 0. The van der Waals surface area contributed by atoms with Crippen LogP contribution in [0.25, 0.3) is 31.3 Å². The maximum atomic E-state index is 11.1. The van der Waals surface area contributed by atoms with Gasteiger partial charge in [-0.05, 0) is 26.0 Å². The second-order valence-corrected chi connectivity index (χ2v) is 9.30. The molecule has 0 amide bonds. The van der Waals surface area contributed by atoms with Gasteiger partial charge in [-0.3, -0.25) is 9.59 Å². The Bertz CT molecular complexity index is 1360. The van der Waals surface area contributed by atoms with Gasteiger partial charge in [-0.25, -0.2) is 0 Å². The van der Waals surface area contributed by atoms with E-state index in [-0.39, 0.29) is 0 Å². The van der Waals surface area contributed by atoms with Gasteiger partial charge in [-0.1, -0.05) is 24.3 Å². The van der Waals surface area contributed by atoms with Crippen LogP contribution in [0.3, 0.4) is 0 Å². The third-order valence-corrected chi connectivity index (χ3v) is 7.16. The molecule has 4 aromatic rings. The van der Waals surface area contributed by atoms with Gasteiger partial charge in [-0.15, -0.1) is 22.7 Å². The highest BCUT2D eigenvalue weighted by atomic mass is 32.1. The number of carbonyl (C=O) groups excluding carboxylic acids is 2. The van der Waals surface area contributed by atoms with Crippen LogP contribution in [0.4, 0.5) is 0 Å². The standard InChI is InChI=1S/C24H14N2O2S2/c1-13-23(17-5-3-15(11-27)7-21(17)29-13)19(9-25)20(10-26)24-14(2)30-22-8-16(12-28)4-6-18(22)24/h3-8,11-12H,1-2H3/b20-19-. The SMILES string of the molecule is Cc1sc2cc(C=O)ccc2c1/C(C#N)=C(/C#N)c1c(C)sc2cc(C=O)ccc12. The summed E-state index contributed by atoms with van der Waals surface area (Å²) in [6.07, 6.45) is 1.59. The summed E-state index contributed by atoms with van der Waals surface area (Å²) >= 11 is 3.00. The van der Waals surface area contributed by atoms with E-state index in [2.05, 4.69) is 12.1 Å². The second kappa shape index (κ2) is 7.68. The lowest BCUT2D eigenvalue weighted by atomic mass is 9.92. The molecule has 6 heteroatoms. The first-order valence-corrected chi connectivity index (χ1v) is 10.7. The van der Waals surface area contributed by atoms with Crippen molar-refractivity contribution in [1.82, 2.24) is 0 Å². The van der Waals surface area contributed by atoms with Crippen molar-refractivity contribution in [3.8, 4) is 12.1 Å². The van der Waals surface area contributed by atoms with Gasteiger partial charge in [0.15, 0.2) is 0 Å². The summed E-state index contributed by atoms with van der Waals surface area (Å²) in [5.74, 6) is 0. The molecule has 0 N–H and O–H groups in total. The first-order valence-electron chi connectivity index (χ1n) is 9.04. The first-order chi connectivity index (χ1) is 14.5. The zero-order valence-electron chi connectivity index (χ0n) is 16.1. The monoisotopic (exact) mass is 426 g/mol. The average molecular weight is 427 g/mol.